The van der Waals surface area contributed by atoms with Gasteiger partial charge in [0.1, 0.15) is 0 Å². The standard InChI is InChI=1S/C17H13BrCl2N2O2S/c1-24-8-7-22-15-13(6-5-12(19)14(15)20)25-17(22)21-16(23)10-3-2-4-11(18)9-10/h2-6,9H,7-8H2,1H3. The Balaban J connectivity index is 2.17. The number of hydrogen-bond acceptors (Lipinski definition) is 3. The fourth-order valence-electron chi connectivity index (χ4n) is 2.35. The summed E-state index contributed by atoms with van der Waals surface area (Å²) in [5, 5.41) is 0.908. The van der Waals surface area contributed by atoms with Gasteiger partial charge in [0.15, 0.2) is 4.80 Å². The normalized spacial score (nSPS) is 12.1. The van der Waals surface area contributed by atoms with Crippen LogP contribution in [0.2, 0.25) is 10.0 Å². The van der Waals surface area contributed by atoms with Crippen molar-refractivity contribution in [2.45, 2.75) is 6.54 Å². The van der Waals surface area contributed by atoms with E-state index in [-0.39, 0.29) is 5.91 Å². The van der Waals surface area contributed by atoms with Gasteiger partial charge in [-0.3, -0.25) is 4.79 Å². The number of thiazole rings is 1. The summed E-state index contributed by atoms with van der Waals surface area (Å²) in [6.45, 7) is 0.980. The third-order valence-corrected chi connectivity index (χ3v) is 5.85. The zero-order valence-corrected chi connectivity index (χ0v) is 17.0. The lowest BCUT2D eigenvalue weighted by Gasteiger charge is -2.06. The Morgan fingerprint density at radius 3 is 2.84 bits per heavy atom. The van der Waals surface area contributed by atoms with Gasteiger partial charge < -0.3 is 9.30 Å². The summed E-state index contributed by atoms with van der Waals surface area (Å²) in [6, 6.07) is 10.7. The lowest BCUT2D eigenvalue weighted by molar-refractivity contribution is 0.0997. The number of amides is 1. The highest BCUT2D eigenvalue weighted by molar-refractivity contribution is 9.10. The molecule has 2 aromatic carbocycles. The highest BCUT2D eigenvalue weighted by atomic mass is 79.9. The zero-order chi connectivity index (χ0) is 18.0. The number of hydrogen-bond donors (Lipinski definition) is 0. The predicted octanol–water partition coefficient (Wildman–Crippen LogP) is 5.16. The van der Waals surface area contributed by atoms with Crippen LogP contribution >= 0.6 is 50.5 Å². The Morgan fingerprint density at radius 2 is 2.12 bits per heavy atom. The third kappa shape index (κ3) is 3.99. The Hall–Kier alpha value is -1.18. The van der Waals surface area contributed by atoms with Crippen molar-refractivity contribution in [3.05, 3.63) is 61.3 Å². The van der Waals surface area contributed by atoms with Crippen LogP contribution in [-0.4, -0.2) is 24.2 Å². The number of halogens is 3. The van der Waals surface area contributed by atoms with Gasteiger partial charge in [0.2, 0.25) is 0 Å². The maximum Gasteiger partial charge on any atom is 0.279 e. The summed E-state index contributed by atoms with van der Waals surface area (Å²) in [7, 11) is 1.62. The first-order chi connectivity index (χ1) is 12.0. The number of ether oxygens (including phenoxy) is 1. The van der Waals surface area contributed by atoms with E-state index >= 15 is 0 Å². The van der Waals surface area contributed by atoms with Crippen molar-refractivity contribution in [3.63, 3.8) is 0 Å². The van der Waals surface area contributed by atoms with Crippen LogP contribution in [0.5, 0.6) is 0 Å². The molecule has 0 aliphatic rings. The van der Waals surface area contributed by atoms with Gasteiger partial charge in [-0.25, -0.2) is 0 Å². The molecule has 0 spiro atoms. The molecule has 0 atom stereocenters. The summed E-state index contributed by atoms with van der Waals surface area (Å²) in [4.78, 5) is 17.4. The second kappa shape index (κ2) is 8.01. The molecule has 3 rings (SSSR count). The van der Waals surface area contributed by atoms with Crippen LogP contribution in [0, 0.1) is 0 Å². The lowest BCUT2D eigenvalue weighted by Crippen LogP contribution is -2.19. The van der Waals surface area contributed by atoms with Crippen molar-refractivity contribution in [2.24, 2.45) is 4.99 Å². The van der Waals surface area contributed by atoms with Crippen LogP contribution in [-0.2, 0) is 11.3 Å². The van der Waals surface area contributed by atoms with Gasteiger partial charge in [-0.2, -0.15) is 4.99 Å². The van der Waals surface area contributed by atoms with E-state index in [0.717, 1.165) is 14.7 Å². The summed E-state index contributed by atoms with van der Waals surface area (Å²) in [6.07, 6.45) is 0. The molecule has 3 aromatic rings. The van der Waals surface area contributed by atoms with Gasteiger partial charge in [0.05, 0.1) is 26.9 Å². The molecular weight excluding hydrogens is 447 g/mol. The minimum absolute atomic E-state index is 0.318. The smallest absolute Gasteiger partial charge is 0.279 e. The Morgan fingerprint density at radius 1 is 1.32 bits per heavy atom. The molecule has 0 fully saturated rings. The van der Waals surface area contributed by atoms with E-state index in [1.807, 2.05) is 16.7 Å². The number of fused-ring (bicyclic) bond motifs is 1. The molecule has 0 bridgehead atoms. The number of nitrogens with zero attached hydrogens (tertiary/aromatic N) is 2. The molecule has 1 heterocycles. The van der Waals surface area contributed by atoms with Crippen molar-refractivity contribution in [1.29, 1.82) is 0 Å². The van der Waals surface area contributed by atoms with E-state index in [4.69, 9.17) is 27.9 Å². The highest BCUT2D eigenvalue weighted by Gasteiger charge is 2.14. The topological polar surface area (TPSA) is 43.6 Å². The van der Waals surface area contributed by atoms with E-state index in [1.165, 1.54) is 11.3 Å². The van der Waals surface area contributed by atoms with Gasteiger partial charge >= 0.3 is 0 Å². The van der Waals surface area contributed by atoms with Crippen LogP contribution in [0.15, 0.2) is 45.9 Å². The van der Waals surface area contributed by atoms with E-state index in [0.29, 0.717) is 33.6 Å². The Kier molecular flexibility index (Phi) is 5.96. The number of carbonyl (C=O) groups is 1. The first-order valence-electron chi connectivity index (χ1n) is 7.32. The average molecular weight is 460 g/mol. The summed E-state index contributed by atoms with van der Waals surface area (Å²) in [5.74, 6) is -0.318. The Bertz CT molecular complexity index is 1010. The zero-order valence-electron chi connectivity index (χ0n) is 13.1. The van der Waals surface area contributed by atoms with Crippen molar-refractivity contribution in [3.8, 4) is 0 Å². The molecule has 0 aliphatic carbocycles. The van der Waals surface area contributed by atoms with Gasteiger partial charge in [-0.05, 0) is 30.3 Å². The maximum absolute atomic E-state index is 12.5. The van der Waals surface area contributed by atoms with Crippen LogP contribution < -0.4 is 4.80 Å². The number of methoxy groups -OCH3 is 1. The first-order valence-corrected chi connectivity index (χ1v) is 9.68. The quantitative estimate of drug-likeness (QED) is 0.540. The third-order valence-electron chi connectivity index (χ3n) is 3.52. The first kappa shape index (κ1) is 18.6. The molecular formula is C17H13BrCl2N2O2S. The second-order valence-electron chi connectivity index (χ2n) is 5.16. The molecule has 0 N–H and O–H groups in total. The molecule has 4 nitrogen and oxygen atoms in total. The number of carbonyl (C=O) groups excluding carboxylic acids is 1. The fraction of sp³-hybridized carbons (Fsp3) is 0.176. The average Bonchev–Trinajstić information content (AvgIpc) is 2.94. The number of benzene rings is 2. The molecule has 1 aromatic heterocycles. The van der Waals surface area contributed by atoms with Crippen molar-refractivity contribution in [2.75, 3.05) is 13.7 Å². The molecule has 0 saturated heterocycles. The maximum atomic E-state index is 12.5. The molecule has 0 radical (unpaired) electrons. The second-order valence-corrected chi connectivity index (χ2v) is 7.87. The van der Waals surface area contributed by atoms with E-state index in [9.17, 15) is 4.79 Å². The van der Waals surface area contributed by atoms with E-state index in [2.05, 4.69) is 20.9 Å². The van der Waals surface area contributed by atoms with E-state index in [1.54, 1.807) is 31.4 Å². The largest absolute Gasteiger partial charge is 0.383 e. The van der Waals surface area contributed by atoms with Gasteiger partial charge in [-0.15, -0.1) is 0 Å². The summed E-state index contributed by atoms with van der Waals surface area (Å²) in [5.41, 5.74) is 1.27. The molecule has 0 unspecified atom stereocenters. The monoisotopic (exact) mass is 458 g/mol. The van der Waals surface area contributed by atoms with Crippen LogP contribution in [0.1, 0.15) is 10.4 Å². The predicted molar refractivity (Wildman–Crippen MR) is 106 cm³/mol. The van der Waals surface area contributed by atoms with Crippen LogP contribution in [0.25, 0.3) is 10.2 Å². The van der Waals surface area contributed by atoms with Crippen molar-refractivity contribution < 1.29 is 9.53 Å². The van der Waals surface area contributed by atoms with Gasteiger partial charge in [0, 0.05) is 23.7 Å². The van der Waals surface area contributed by atoms with Gasteiger partial charge in [-0.1, -0.05) is 56.5 Å². The van der Waals surface area contributed by atoms with Gasteiger partial charge in [0.25, 0.3) is 5.91 Å². The van der Waals surface area contributed by atoms with Crippen molar-refractivity contribution in [1.82, 2.24) is 4.57 Å². The SMILES string of the molecule is COCCn1c(=NC(=O)c2cccc(Br)c2)sc2ccc(Cl)c(Cl)c21. The number of aromatic nitrogens is 1. The van der Waals surface area contributed by atoms with Crippen molar-refractivity contribution >= 4 is 66.6 Å². The van der Waals surface area contributed by atoms with Crippen LogP contribution in [0.3, 0.4) is 0 Å². The van der Waals surface area contributed by atoms with E-state index < -0.39 is 0 Å². The summed E-state index contributed by atoms with van der Waals surface area (Å²) >= 11 is 17.3. The summed E-state index contributed by atoms with van der Waals surface area (Å²) < 4.78 is 8.77. The fourth-order valence-corrected chi connectivity index (χ4v) is 4.29. The Labute approximate surface area is 166 Å². The molecule has 1 amide bonds. The highest BCUT2D eigenvalue weighted by Crippen LogP contribution is 2.32. The molecule has 8 heteroatoms. The molecule has 130 valence electrons. The minimum atomic E-state index is -0.318. The molecule has 25 heavy (non-hydrogen) atoms. The molecule has 0 saturated carbocycles. The lowest BCUT2D eigenvalue weighted by atomic mass is 10.2. The minimum Gasteiger partial charge on any atom is -0.383 e. The van der Waals surface area contributed by atoms with Crippen LogP contribution in [0.4, 0.5) is 0 Å². The number of rotatable bonds is 4. The molecule has 0 aliphatic heterocycles.